The number of hydrogen-bond acceptors (Lipinski definition) is 4. The number of rotatable bonds is 4. The molecule has 8 heteroatoms. The van der Waals surface area contributed by atoms with E-state index in [1.54, 1.807) is 18.3 Å². The minimum atomic E-state index is -4.52. The van der Waals surface area contributed by atoms with E-state index in [4.69, 9.17) is 0 Å². The molecule has 0 atom stereocenters. The van der Waals surface area contributed by atoms with Gasteiger partial charge < -0.3 is 9.47 Å². The second kappa shape index (κ2) is 6.27. The van der Waals surface area contributed by atoms with E-state index in [0.29, 0.717) is 6.04 Å². The standard InChI is InChI=1S/C15H17F2N3O2S/c16-15(17)23(21,22)14-3-1-12(2-4-14)19-8-5-13(6-9-19)20-10-7-18-11-20/h1-4,7,10-11,13,15H,5-6,8-9H2. The maximum absolute atomic E-state index is 12.5. The Morgan fingerprint density at radius 3 is 2.30 bits per heavy atom. The molecule has 0 N–H and O–H groups in total. The fraction of sp³-hybridized carbons (Fsp3) is 0.400. The summed E-state index contributed by atoms with van der Waals surface area (Å²) >= 11 is 0. The molecule has 2 aromatic rings. The zero-order valence-corrected chi connectivity index (χ0v) is 13.2. The average molecular weight is 341 g/mol. The quantitative estimate of drug-likeness (QED) is 0.858. The lowest BCUT2D eigenvalue weighted by atomic mass is 10.0. The zero-order valence-electron chi connectivity index (χ0n) is 12.3. The number of piperidine rings is 1. The summed E-state index contributed by atoms with van der Waals surface area (Å²) in [7, 11) is -4.52. The lowest BCUT2D eigenvalue weighted by Gasteiger charge is -2.34. The van der Waals surface area contributed by atoms with Crippen LogP contribution in [-0.2, 0) is 9.84 Å². The normalized spacial score (nSPS) is 16.9. The summed E-state index contributed by atoms with van der Waals surface area (Å²) in [5, 5.41) is 0. The minimum Gasteiger partial charge on any atom is -0.371 e. The molecule has 23 heavy (non-hydrogen) atoms. The highest BCUT2D eigenvalue weighted by Gasteiger charge is 2.27. The molecular weight excluding hydrogens is 324 g/mol. The zero-order chi connectivity index (χ0) is 16.4. The van der Waals surface area contributed by atoms with E-state index >= 15 is 0 Å². The maximum atomic E-state index is 12.5. The lowest BCUT2D eigenvalue weighted by Crippen LogP contribution is -2.34. The summed E-state index contributed by atoms with van der Waals surface area (Å²) in [6.07, 6.45) is 7.42. The number of nitrogens with zero attached hydrogens (tertiary/aromatic N) is 3. The van der Waals surface area contributed by atoms with Crippen molar-refractivity contribution in [3.05, 3.63) is 43.0 Å². The monoisotopic (exact) mass is 341 g/mol. The van der Waals surface area contributed by atoms with Crippen LogP contribution in [-0.4, -0.2) is 36.8 Å². The molecule has 1 aromatic heterocycles. The van der Waals surface area contributed by atoms with Gasteiger partial charge in [-0.25, -0.2) is 13.4 Å². The van der Waals surface area contributed by atoms with Gasteiger partial charge in [-0.15, -0.1) is 0 Å². The van der Waals surface area contributed by atoms with Crippen LogP contribution in [0.15, 0.2) is 47.9 Å². The van der Waals surface area contributed by atoms with Crippen LogP contribution in [0.5, 0.6) is 0 Å². The Kier molecular flexibility index (Phi) is 4.34. The first-order valence-electron chi connectivity index (χ1n) is 7.33. The topological polar surface area (TPSA) is 55.2 Å². The number of aromatic nitrogens is 2. The summed E-state index contributed by atoms with van der Waals surface area (Å²) in [5.74, 6) is -3.39. The first-order chi connectivity index (χ1) is 11.0. The highest BCUT2D eigenvalue weighted by Crippen LogP contribution is 2.28. The predicted molar refractivity (Wildman–Crippen MR) is 82.3 cm³/mol. The van der Waals surface area contributed by atoms with Crippen LogP contribution in [0, 0.1) is 0 Å². The van der Waals surface area contributed by atoms with E-state index in [9.17, 15) is 17.2 Å². The Labute approximate surface area is 133 Å². The lowest BCUT2D eigenvalue weighted by molar-refractivity contribution is 0.234. The third-order valence-corrected chi connectivity index (χ3v) is 5.57. The number of alkyl halides is 2. The molecule has 1 saturated heterocycles. The largest absolute Gasteiger partial charge is 0.371 e. The smallest absolute Gasteiger partial charge is 0.341 e. The molecule has 0 spiro atoms. The molecule has 3 rings (SSSR count). The first-order valence-corrected chi connectivity index (χ1v) is 8.87. The third-order valence-electron chi connectivity index (χ3n) is 4.18. The van der Waals surface area contributed by atoms with Crippen molar-refractivity contribution < 1.29 is 17.2 Å². The molecule has 0 aliphatic carbocycles. The fourth-order valence-corrected chi connectivity index (χ4v) is 3.58. The molecule has 1 fully saturated rings. The number of hydrogen-bond donors (Lipinski definition) is 0. The molecule has 1 aliphatic rings. The molecule has 1 aromatic carbocycles. The van der Waals surface area contributed by atoms with Gasteiger partial charge in [-0.05, 0) is 37.1 Å². The Morgan fingerprint density at radius 2 is 1.78 bits per heavy atom. The van der Waals surface area contributed by atoms with Crippen LogP contribution >= 0.6 is 0 Å². The van der Waals surface area contributed by atoms with Gasteiger partial charge in [-0.2, -0.15) is 8.78 Å². The van der Waals surface area contributed by atoms with Crippen molar-refractivity contribution in [1.29, 1.82) is 0 Å². The van der Waals surface area contributed by atoms with Crippen LogP contribution < -0.4 is 4.90 Å². The Balaban J connectivity index is 1.67. The summed E-state index contributed by atoms with van der Waals surface area (Å²) in [6.45, 7) is 1.65. The van der Waals surface area contributed by atoms with E-state index in [0.717, 1.165) is 31.6 Å². The molecule has 0 bridgehead atoms. The Bertz CT molecular complexity index is 738. The SMILES string of the molecule is O=S(=O)(c1ccc(N2CCC(n3ccnc3)CC2)cc1)C(F)F. The minimum absolute atomic E-state index is 0.343. The number of halogens is 2. The van der Waals surface area contributed by atoms with Gasteiger partial charge in [0.05, 0.1) is 11.2 Å². The van der Waals surface area contributed by atoms with Gasteiger partial charge in [0.2, 0.25) is 9.84 Å². The van der Waals surface area contributed by atoms with Crippen molar-refractivity contribution in [2.45, 2.75) is 29.5 Å². The molecule has 2 heterocycles. The van der Waals surface area contributed by atoms with Gasteiger partial charge in [0.25, 0.3) is 0 Å². The number of sulfone groups is 1. The van der Waals surface area contributed by atoms with Gasteiger partial charge in [-0.3, -0.25) is 0 Å². The molecule has 124 valence electrons. The number of benzene rings is 1. The van der Waals surface area contributed by atoms with Crippen LogP contribution in [0.3, 0.4) is 0 Å². The van der Waals surface area contributed by atoms with Crippen LogP contribution in [0.2, 0.25) is 0 Å². The maximum Gasteiger partial charge on any atom is 0.341 e. The first kappa shape index (κ1) is 15.9. The number of imidazole rings is 1. The predicted octanol–water partition coefficient (Wildman–Crippen LogP) is 2.72. The molecule has 0 radical (unpaired) electrons. The number of anilines is 1. The molecule has 1 aliphatic heterocycles. The van der Waals surface area contributed by atoms with E-state index < -0.39 is 15.6 Å². The highest BCUT2D eigenvalue weighted by atomic mass is 32.2. The van der Waals surface area contributed by atoms with Crippen molar-refractivity contribution in [3.8, 4) is 0 Å². The average Bonchev–Trinajstić information content (AvgIpc) is 3.09. The third kappa shape index (κ3) is 3.21. The van der Waals surface area contributed by atoms with E-state index in [1.807, 2.05) is 12.5 Å². The Morgan fingerprint density at radius 1 is 1.13 bits per heavy atom. The summed E-state index contributed by atoms with van der Waals surface area (Å²) < 4.78 is 50.0. The molecule has 0 amide bonds. The molecule has 5 nitrogen and oxygen atoms in total. The molecule has 0 unspecified atom stereocenters. The summed E-state index contributed by atoms with van der Waals surface area (Å²) in [4.78, 5) is 5.84. The Hall–Kier alpha value is -1.96. The van der Waals surface area contributed by atoms with Gasteiger partial charge in [0.1, 0.15) is 0 Å². The van der Waals surface area contributed by atoms with Gasteiger partial charge in [-0.1, -0.05) is 0 Å². The van der Waals surface area contributed by atoms with Crippen molar-refractivity contribution in [3.63, 3.8) is 0 Å². The summed E-state index contributed by atoms with van der Waals surface area (Å²) in [5.41, 5.74) is 0.849. The highest BCUT2D eigenvalue weighted by molar-refractivity contribution is 7.91. The summed E-state index contributed by atoms with van der Waals surface area (Å²) in [6, 6.07) is 6.09. The van der Waals surface area contributed by atoms with Crippen molar-refractivity contribution >= 4 is 15.5 Å². The van der Waals surface area contributed by atoms with Gasteiger partial charge in [0.15, 0.2) is 0 Å². The molecule has 0 saturated carbocycles. The van der Waals surface area contributed by atoms with Gasteiger partial charge in [0, 0.05) is 37.2 Å². The van der Waals surface area contributed by atoms with E-state index in [1.165, 1.54) is 12.1 Å². The van der Waals surface area contributed by atoms with Gasteiger partial charge >= 0.3 is 5.76 Å². The van der Waals surface area contributed by atoms with E-state index in [-0.39, 0.29) is 4.90 Å². The van der Waals surface area contributed by atoms with Crippen molar-refractivity contribution in [2.75, 3.05) is 18.0 Å². The van der Waals surface area contributed by atoms with Crippen molar-refractivity contribution in [2.24, 2.45) is 0 Å². The fourth-order valence-electron chi connectivity index (χ4n) is 2.86. The van der Waals surface area contributed by atoms with Crippen LogP contribution in [0.1, 0.15) is 18.9 Å². The van der Waals surface area contributed by atoms with Crippen LogP contribution in [0.25, 0.3) is 0 Å². The second-order valence-corrected chi connectivity index (χ2v) is 7.45. The van der Waals surface area contributed by atoms with Crippen molar-refractivity contribution in [1.82, 2.24) is 9.55 Å². The molecular formula is C15H17F2N3O2S. The van der Waals surface area contributed by atoms with E-state index in [2.05, 4.69) is 14.5 Å². The van der Waals surface area contributed by atoms with Crippen LogP contribution in [0.4, 0.5) is 14.5 Å². The second-order valence-electron chi connectivity index (χ2n) is 5.53.